The number of hydrogen-bond donors (Lipinski definition) is 0. The van der Waals surface area contributed by atoms with Gasteiger partial charge in [0.05, 0.1) is 19.8 Å². The summed E-state index contributed by atoms with van der Waals surface area (Å²) >= 11 is 0. The van der Waals surface area contributed by atoms with Gasteiger partial charge in [0.1, 0.15) is 0 Å². The molecule has 0 amide bonds. The van der Waals surface area contributed by atoms with Gasteiger partial charge in [-0.3, -0.25) is 0 Å². The van der Waals surface area contributed by atoms with Crippen LogP contribution in [0.5, 0.6) is 0 Å². The molecule has 0 heterocycles. The van der Waals surface area contributed by atoms with Crippen molar-refractivity contribution in [1.29, 1.82) is 0 Å². The van der Waals surface area contributed by atoms with E-state index in [0.29, 0.717) is 54.1 Å². The molecule has 5 rings (SSSR count). The van der Waals surface area contributed by atoms with Crippen molar-refractivity contribution in [2.45, 2.75) is 71.3 Å². The number of hydrogen-bond acceptors (Lipinski definition) is 9. The van der Waals surface area contributed by atoms with Crippen molar-refractivity contribution < 1.29 is 40.9 Å². The van der Waals surface area contributed by atoms with Gasteiger partial charge in [-0.05, 0) is 92.0 Å². The van der Waals surface area contributed by atoms with Gasteiger partial charge in [0.25, 0.3) is 0 Å². The van der Waals surface area contributed by atoms with Gasteiger partial charge >= 0.3 is 26.7 Å². The minimum Gasteiger partial charge on any atom is -0.462 e. The number of benzene rings is 5. The molecule has 0 aliphatic heterocycles. The second kappa shape index (κ2) is 24.3. The lowest BCUT2D eigenvalue weighted by atomic mass is 10.4. The third-order valence-corrected chi connectivity index (χ3v) is 29.1. The molecule has 0 aliphatic carbocycles. The summed E-state index contributed by atoms with van der Waals surface area (Å²) in [5.41, 5.74) is 1.00. The second-order valence-electron chi connectivity index (χ2n) is 17.2. The first-order valence-electron chi connectivity index (χ1n) is 22.5. The monoisotopic (exact) mass is 956 g/mol. The molecule has 9 nitrogen and oxygen atoms in total. The Hall–Kier alpha value is -5.52. The Labute approximate surface area is 395 Å². The quantitative estimate of drug-likeness (QED) is 0.0179. The Kier molecular flexibility index (Phi) is 19.0. The van der Waals surface area contributed by atoms with Gasteiger partial charge in [-0.25, -0.2) is 14.4 Å². The van der Waals surface area contributed by atoms with Crippen LogP contribution in [0, 0.1) is 0 Å². The lowest BCUT2D eigenvalue weighted by Crippen LogP contribution is -2.77. The van der Waals surface area contributed by atoms with Crippen molar-refractivity contribution >= 4 is 77.6 Å². The zero-order valence-electron chi connectivity index (χ0n) is 39.1. The number of ether oxygens (including phenoxy) is 3. The van der Waals surface area contributed by atoms with E-state index in [-0.39, 0.29) is 19.8 Å². The normalized spacial score (nSPS) is 11.9. The smallest absolute Gasteiger partial charge is 0.462 e. The first-order chi connectivity index (χ1) is 31.6. The van der Waals surface area contributed by atoms with Gasteiger partial charge in [-0.2, -0.15) is 0 Å². The third-order valence-electron chi connectivity index (χ3n) is 11.1. The molecule has 0 spiro atoms. The van der Waals surface area contributed by atoms with Crippen LogP contribution in [0.2, 0.25) is 31.2 Å². The molecule has 0 N–H and O–H groups in total. The first kappa shape index (κ1) is 51.5. The Balaban J connectivity index is 1.82. The Morgan fingerprint density at radius 1 is 0.394 bits per heavy atom. The number of esters is 3. The highest BCUT2D eigenvalue weighted by molar-refractivity contribution is 7.08. The topological polar surface area (TPSA) is 107 Å². The maximum Gasteiger partial charge on any atom is 0.506 e. The Morgan fingerprint density at radius 3 is 0.924 bits per heavy atom. The van der Waals surface area contributed by atoms with Crippen LogP contribution in [-0.2, 0) is 40.9 Å². The average Bonchev–Trinajstić information content (AvgIpc) is 3.33. The zero-order chi connectivity index (χ0) is 47.6. The highest BCUT2D eigenvalue weighted by Gasteiger charge is 2.60. The fourth-order valence-electron chi connectivity index (χ4n) is 7.84. The van der Waals surface area contributed by atoms with Crippen molar-refractivity contribution in [3.05, 3.63) is 188 Å². The SMILES string of the molecule is C=C(C)C(=O)OCCC[Si](C)(C)O[Si](O[Si](CCCOC(=O)C(=C)C)(c1ccccc1)c1ccccc1)(O[Si](CCCOC(=O)C(=C)C)(c1ccccc1)c1ccccc1)c1ccccc1. The van der Waals surface area contributed by atoms with Gasteiger partial charge < -0.3 is 26.6 Å². The van der Waals surface area contributed by atoms with E-state index in [0.717, 1.165) is 25.9 Å². The van der Waals surface area contributed by atoms with Crippen molar-refractivity contribution in [3.8, 4) is 0 Å². The zero-order valence-corrected chi connectivity index (χ0v) is 43.1. The van der Waals surface area contributed by atoms with Crippen LogP contribution in [0.4, 0.5) is 0 Å². The molecular formula is C53H64O9Si4. The summed E-state index contributed by atoms with van der Waals surface area (Å²) in [7, 11) is -14.2. The molecule has 0 aliphatic rings. The van der Waals surface area contributed by atoms with Gasteiger partial charge in [-0.15, -0.1) is 0 Å². The van der Waals surface area contributed by atoms with Gasteiger partial charge in [0.15, 0.2) is 8.32 Å². The largest absolute Gasteiger partial charge is 0.506 e. The van der Waals surface area contributed by atoms with Crippen LogP contribution in [0.25, 0.3) is 0 Å². The summed E-state index contributed by atoms with van der Waals surface area (Å²) in [6.07, 6.45) is 1.52. The molecule has 5 aromatic rings. The van der Waals surface area contributed by atoms with Crippen LogP contribution < -0.4 is 25.9 Å². The summed E-state index contributed by atoms with van der Waals surface area (Å²) in [5, 5.41) is 4.83. The third kappa shape index (κ3) is 13.8. The predicted octanol–water partition coefficient (Wildman–Crippen LogP) is 8.14. The summed E-state index contributed by atoms with van der Waals surface area (Å²) in [5.74, 6) is -1.32. The lowest BCUT2D eigenvalue weighted by Gasteiger charge is -2.48. The first-order valence-corrected chi connectivity index (χ1v) is 31.6. The fraction of sp³-hybridized carbons (Fsp3) is 0.264. The standard InChI is InChI=1S/C53H64O9Si4/c1-43(2)51(54)57-37-24-40-63(7,8)60-66(50-35-22-13-23-36-50,61-64(46-27-14-9-15-28-46,47-29-16-10-17-30-47)41-25-38-58-52(55)44(3)4)62-65(48-31-18-11-19-32-48,49-33-20-12-21-34-49)42-26-39-59-53(56)45(5)6/h9-23,27-36H,1,3,5,24-26,37-42H2,2,4,6-8H3. The van der Waals surface area contributed by atoms with Crippen LogP contribution in [-0.4, -0.2) is 71.5 Å². The van der Waals surface area contributed by atoms with Gasteiger partial charge in [-0.1, -0.05) is 171 Å². The average molecular weight is 957 g/mol. The molecule has 0 bridgehead atoms. The molecule has 0 unspecified atom stereocenters. The van der Waals surface area contributed by atoms with E-state index in [9.17, 15) is 14.4 Å². The van der Waals surface area contributed by atoms with E-state index < -0.39 is 51.7 Å². The lowest BCUT2D eigenvalue weighted by molar-refractivity contribution is -0.139. The number of rotatable bonds is 26. The predicted molar refractivity (Wildman–Crippen MR) is 274 cm³/mol. The van der Waals surface area contributed by atoms with Gasteiger partial charge in [0, 0.05) is 21.9 Å². The van der Waals surface area contributed by atoms with Crippen LogP contribution in [0.15, 0.2) is 188 Å². The molecule has 5 aromatic carbocycles. The minimum absolute atomic E-state index is 0.157. The van der Waals surface area contributed by atoms with Crippen molar-refractivity contribution in [1.82, 2.24) is 0 Å². The van der Waals surface area contributed by atoms with E-state index in [1.807, 2.05) is 91.0 Å². The van der Waals surface area contributed by atoms with Crippen molar-refractivity contribution in [2.24, 2.45) is 0 Å². The highest BCUT2D eigenvalue weighted by Crippen LogP contribution is 2.32. The van der Waals surface area contributed by atoms with E-state index in [1.54, 1.807) is 20.8 Å². The maximum absolute atomic E-state index is 12.7. The summed E-state index contributed by atoms with van der Waals surface area (Å²) in [6, 6.07) is 52.9. The highest BCUT2D eigenvalue weighted by atomic mass is 28.5. The molecule has 13 heteroatoms. The molecular weight excluding hydrogens is 893 g/mol. The fourth-order valence-corrected chi connectivity index (χ4v) is 28.2. The van der Waals surface area contributed by atoms with Crippen molar-refractivity contribution in [3.63, 3.8) is 0 Å². The molecule has 0 fully saturated rings. The second-order valence-corrected chi connectivity index (χ2v) is 31.9. The van der Waals surface area contributed by atoms with Crippen molar-refractivity contribution in [2.75, 3.05) is 19.8 Å². The molecule has 0 saturated carbocycles. The Bertz CT molecular complexity index is 2180. The summed E-state index contributed by atoms with van der Waals surface area (Å²) < 4.78 is 41.8. The van der Waals surface area contributed by atoms with Crippen LogP contribution >= 0.6 is 0 Å². The number of carbonyl (C=O) groups excluding carboxylic acids is 3. The molecule has 0 atom stereocenters. The molecule has 0 radical (unpaired) electrons. The number of carbonyl (C=O) groups is 3. The van der Waals surface area contributed by atoms with Crippen LogP contribution in [0.1, 0.15) is 40.0 Å². The minimum atomic E-state index is -4.29. The van der Waals surface area contributed by atoms with Gasteiger partial charge in [0.2, 0.25) is 16.6 Å². The maximum atomic E-state index is 12.7. The molecule has 0 aromatic heterocycles. The summed E-state index contributed by atoms with van der Waals surface area (Å²) in [6.45, 7) is 21.1. The van der Waals surface area contributed by atoms with E-state index >= 15 is 0 Å². The van der Waals surface area contributed by atoms with E-state index in [2.05, 4.69) is 93.5 Å². The molecule has 346 valence electrons. The Morgan fingerprint density at radius 2 is 0.652 bits per heavy atom. The molecule has 66 heavy (non-hydrogen) atoms. The van der Waals surface area contributed by atoms with Crippen LogP contribution in [0.3, 0.4) is 0 Å². The van der Waals surface area contributed by atoms with E-state index in [1.165, 1.54) is 0 Å². The summed E-state index contributed by atoms with van der Waals surface area (Å²) in [4.78, 5) is 37.9. The molecule has 0 saturated heterocycles. The van der Waals surface area contributed by atoms with E-state index in [4.69, 9.17) is 26.6 Å².